The lowest BCUT2D eigenvalue weighted by Crippen LogP contribution is -2.42. The minimum atomic E-state index is -0.147. The SMILES string of the molecule is Cc1cc(C)cc(N2C(=O)CC(c3ccc(Cl)cc3)CC2=O)c1. The van der Waals surface area contributed by atoms with E-state index in [4.69, 9.17) is 11.6 Å². The summed E-state index contributed by atoms with van der Waals surface area (Å²) in [4.78, 5) is 26.4. The maximum Gasteiger partial charge on any atom is 0.234 e. The number of halogens is 1. The number of hydrogen-bond acceptors (Lipinski definition) is 2. The summed E-state index contributed by atoms with van der Waals surface area (Å²) in [5.41, 5.74) is 3.74. The van der Waals surface area contributed by atoms with Gasteiger partial charge in [-0.3, -0.25) is 14.5 Å². The Morgan fingerprint density at radius 3 is 1.96 bits per heavy atom. The third kappa shape index (κ3) is 3.30. The highest BCUT2D eigenvalue weighted by Crippen LogP contribution is 2.33. The van der Waals surface area contributed by atoms with Gasteiger partial charge in [0.05, 0.1) is 5.69 Å². The van der Waals surface area contributed by atoms with E-state index in [-0.39, 0.29) is 17.7 Å². The van der Waals surface area contributed by atoms with Crippen molar-refractivity contribution in [1.29, 1.82) is 0 Å². The lowest BCUT2D eigenvalue weighted by atomic mass is 9.88. The standard InChI is InChI=1S/C19H18ClNO2/c1-12-7-13(2)9-17(8-12)21-18(22)10-15(11-19(21)23)14-3-5-16(20)6-4-14/h3-9,15H,10-11H2,1-2H3. The number of hydrogen-bond donors (Lipinski definition) is 0. The lowest BCUT2D eigenvalue weighted by molar-refractivity contribution is -0.129. The molecule has 1 aliphatic rings. The third-order valence-corrected chi connectivity index (χ3v) is 4.40. The van der Waals surface area contributed by atoms with Crippen molar-refractivity contribution in [2.75, 3.05) is 4.90 Å². The maximum atomic E-state index is 12.6. The minimum absolute atomic E-state index is 0.0746. The average Bonchev–Trinajstić information content (AvgIpc) is 2.46. The first-order valence-electron chi connectivity index (χ1n) is 7.63. The van der Waals surface area contributed by atoms with Crippen molar-refractivity contribution in [3.8, 4) is 0 Å². The molecule has 1 heterocycles. The summed E-state index contributed by atoms with van der Waals surface area (Å²) in [6.07, 6.45) is 0.667. The first-order chi connectivity index (χ1) is 10.9. The molecule has 1 fully saturated rings. The molecule has 0 spiro atoms. The number of anilines is 1. The van der Waals surface area contributed by atoms with Crippen molar-refractivity contribution in [2.45, 2.75) is 32.6 Å². The van der Waals surface area contributed by atoms with E-state index >= 15 is 0 Å². The van der Waals surface area contributed by atoms with Crippen LogP contribution in [-0.4, -0.2) is 11.8 Å². The molecule has 0 unspecified atom stereocenters. The fourth-order valence-corrected chi connectivity index (χ4v) is 3.28. The van der Waals surface area contributed by atoms with Gasteiger partial charge in [0.25, 0.3) is 0 Å². The van der Waals surface area contributed by atoms with Gasteiger partial charge in [-0.15, -0.1) is 0 Å². The summed E-state index contributed by atoms with van der Waals surface area (Å²) >= 11 is 5.90. The van der Waals surface area contributed by atoms with Crippen molar-refractivity contribution < 1.29 is 9.59 Å². The molecule has 1 saturated heterocycles. The van der Waals surface area contributed by atoms with E-state index in [1.807, 2.05) is 44.2 Å². The van der Waals surface area contributed by atoms with Gasteiger partial charge in [-0.2, -0.15) is 0 Å². The number of imide groups is 1. The van der Waals surface area contributed by atoms with E-state index in [1.165, 1.54) is 4.90 Å². The van der Waals surface area contributed by atoms with Crippen LogP contribution in [0.15, 0.2) is 42.5 Å². The van der Waals surface area contributed by atoms with Gasteiger partial charge in [-0.25, -0.2) is 0 Å². The molecule has 118 valence electrons. The van der Waals surface area contributed by atoms with E-state index in [9.17, 15) is 9.59 Å². The van der Waals surface area contributed by atoms with E-state index in [1.54, 1.807) is 12.1 Å². The van der Waals surface area contributed by atoms with E-state index < -0.39 is 0 Å². The maximum absolute atomic E-state index is 12.6. The van der Waals surface area contributed by atoms with E-state index in [2.05, 4.69) is 0 Å². The molecule has 0 aliphatic carbocycles. The van der Waals surface area contributed by atoms with Gasteiger partial charge in [0, 0.05) is 23.8 Å². The predicted molar refractivity (Wildman–Crippen MR) is 91.8 cm³/mol. The van der Waals surface area contributed by atoms with Crippen molar-refractivity contribution in [2.24, 2.45) is 0 Å². The number of piperidine rings is 1. The summed E-state index contributed by atoms with van der Waals surface area (Å²) in [7, 11) is 0. The third-order valence-electron chi connectivity index (χ3n) is 4.15. The van der Waals surface area contributed by atoms with Crippen LogP contribution in [0.1, 0.15) is 35.4 Å². The largest absolute Gasteiger partial charge is 0.274 e. The van der Waals surface area contributed by atoms with E-state index in [0.29, 0.717) is 23.6 Å². The van der Waals surface area contributed by atoms with Crippen LogP contribution in [0.5, 0.6) is 0 Å². The van der Waals surface area contributed by atoms with Gasteiger partial charge in [0.2, 0.25) is 11.8 Å². The fraction of sp³-hybridized carbons (Fsp3) is 0.263. The van der Waals surface area contributed by atoms with E-state index in [0.717, 1.165) is 16.7 Å². The first-order valence-corrected chi connectivity index (χ1v) is 8.01. The van der Waals surface area contributed by atoms with Crippen molar-refractivity contribution >= 4 is 29.1 Å². The molecule has 0 atom stereocenters. The first kappa shape index (κ1) is 15.8. The number of amides is 2. The highest BCUT2D eigenvalue weighted by molar-refractivity contribution is 6.30. The number of carbonyl (C=O) groups excluding carboxylic acids is 2. The zero-order chi connectivity index (χ0) is 16.6. The van der Waals surface area contributed by atoms with Gasteiger partial charge in [0.15, 0.2) is 0 Å². The fourth-order valence-electron chi connectivity index (χ4n) is 3.15. The van der Waals surface area contributed by atoms with Gasteiger partial charge in [-0.1, -0.05) is 29.8 Å². The molecule has 0 aromatic heterocycles. The number of rotatable bonds is 2. The van der Waals surface area contributed by atoms with Crippen molar-refractivity contribution in [3.63, 3.8) is 0 Å². The average molecular weight is 328 g/mol. The second-order valence-electron chi connectivity index (χ2n) is 6.13. The Labute approximate surface area is 140 Å². The Morgan fingerprint density at radius 1 is 0.913 bits per heavy atom. The number of carbonyl (C=O) groups is 2. The molecule has 23 heavy (non-hydrogen) atoms. The lowest BCUT2D eigenvalue weighted by Gasteiger charge is -2.30. The molecule has 3 nitrogen and oxygen atoms in total. The van der Waals surface area contributed by atoms with Crippen molar-refractivity contribution in [1.82, 2.24) is 0 Å². The Morgan fingerprint density at radius 2 is 1.43 bits per heavy atom. The minimum Gasteiger partial charge on any atom is -0.274 e. The van der Waals surface area contributed by atoms with Crippen LogP contribution < -0.4 is 4.90 Å². The van der Waals surface area contributed by atoms with Gasteiger partial charge in [0.1, 0.15) is 0 Å². The molecule has 2 amide bonds. The number of aryl methyl sites for hydroxylation is 2. The summed E-state index contributed by atoms with van der Waals surface area (Å²) in [6.45, 7) is 3.93. The van der Waals surface area contributed by atoms with Crippen LogP contribution in [-0.2, 0) is 9.59 Å². The van der Waals surface area contributed by atoms with Crippen LogP contribution in [0, 0.1) is 13.8 Å². The second-order valence-corrected chi connectivity index (χ2v) is 6.56. The Balaban J connectivity index is 1.86. The van der Waals surface area contributed by atoms with Crippen LogP contribution in [0.4, 0.5) is 5.69 Å². The molecular formula is C19H18ClNO2. The quantitative estimate of drug-likeness (QED) is 0.767. The normalized spacial score (nSPS) is 16.0. The molecule has 0 radical (unpaired) electrons. The molecule has 0 saturated carbocycles. The highest BCUT2D eigenvalue weighted by Gasteiger charge is 2.34. The zero-order valence-corrected chi connectivity index (χ0v) is 13.9. The Kier molecular flexibility index (Phi) is 4.22. The monoisotopic (exact) mass is 327 g/mol. The van der Waals surface area contributed by atoms with Crippen LogP contribution in [0.2, 0.25) is 5.02 Å². The second kappa shape index (κ2) is 6.17. The van der Waals surface area contributed by atoms with Gasteiger partial charge < -0.3 is 0 Å². The van der Waals surface area contributed by atoms with Crippen molar-refractivity contribution in [3.05, 3.63) is 64.2 Å². The summed E-state index contributed by atoms with van der Waals surface area (Å²) in [6, 6.07) is 13.2. The van der Waals surface area contributed by atoms with Gasteiger partial charge >= 0.3 is 0 Å². The number of benzene rings is 2. The number of nitrogens with zero attached hydrogens (tertiary/aromatic N) is 1. The zero-order valence-electron chi connectivity index (χ0n) is 13.2. The van der Waals surface area contributed by atoms with Crippen LogP contribution in [0.3, 0.4) is 0 Å². The molecule has 2 aromatic rings. The molecule has 0 bridgehead atoms. The Hall–Kier alpha value is -2.13. The molecule has 1 aliphatic heterocycles. The molecule has 3 rings (SSSR count). The summed E-state index contributed by atoms with van der Waals surface area (Å²) in [5.74, 6) is -0.369. The smallest absolute Gasteiger partial charge is 0.234 e. The molecule has 2 aromatic carbocycles. The summed E-state index contributed by atoms with van der Waals surface area (Å²) in [5, 5.41) is 0.652. The summed E-state index contributed by atoms with van der Waals surface area (Å²) < 4.78 is 0. The highest BCUT2D eigenvalue weighted by atomic mass is 35.5. The van der Waals surface area contributed by atoms with Gasteiger partial charge in [-0.05, 0) is 54.8 Å². The topological polar surface area (TPSA) is 37.4 Å². The molecular weight excluding hydrogens is 310 g/mol. The Bertz CT molecular complexity index is 729. The van der Waals surface area contributed by atoms with Crippen LogP contribution >= 0.6 is 11.6 Å². The molecule has 4 heteroatoms. The molecule has 0 N–H and O–H groups in total. The predicted octanol–water partition coefficient (Wildman–Crippen LogP) is 4.39. The van der Waals surface area contributed by atoms with Crippen LogP contribution in [0.25, 0.3) is 0 Å².